The molecule has 3 N–H and O–H groups in total. The number of methoxy groups -OCH3 is 2. The maximum atomic E-state index is 14.0. The van der Waals surface area contributed by atoms with Crippen LogP contribution in [0.25, 0.3) is 0 Å². The molecule has 4 aromatic rings. The maximum absolute atomic E-state index is 14.0. The fraction of sp³-hybridized carbons (Fsp3) is 0.184. The molecule has 53 heavy (non-hydrogen) atoms. The number of rotatable bonds is 9. The van der Waals surface area contributed by atoms with Crippen LogP contribution in [0.15, 0.2) is 85.5 Å². The fourth-order valence-electron chi connectivity index (χ4n) is 4.53. The number of nitrogens with zero attached hydrogens (tertiary/aromatic N) is 2. The zero-order valence-corrected chi connectivity index (χ0v) is 30.0. The number of amides is 4. The molecule has 11 nitrogen and oxygen atoms in total. The molecule has 0 saturated carbocycles. The largest absolute Gasteiger partial charge is 0.494 e. The molecule has 1 aliphatic rings. The molecule has 0 spiro atoms. The minimum absolute atomic E-state index is 0. The van der Waals surface area contributed by atoms with Gasteiger partial charge in [-0.25, -0.2) is 13.6 Å². The summed E-state index contributed by atoms with van der Waals surface area (Å²) in [6.45, 7) is 4.04. The summed E-state index contributed by atoms with van der Waals surface area (Å²) >= 11 is 12.0. The van der Waals surface area contributed by atoms with Crippen LogP contribution in [0.4, 0.5) is 25.0 Å². The number of nitrogens with one attached hydrogen (secondary N) is 1. The number of nitrogen functional groups attached to an aromatic ring is 1. The predicted octanol–water partition coefficient (Wildman–Crippen LogP) is 7.68. The van der Waals surface area contributed by atoms with Crippen LogP contribution in [0.1, 0.15) is 45.7 Å². The molecule has 0 bridgehead atoms. The fourth-order valence-corrected chi connectivity index (χ4v) is 4.98. The highest BCUT2D eigenvalue weighted by Crippen LogP contribution is 2.30. The van der Waals surface area contributed by atoms with Gasteiger partial charge >= 0.3 is 6.03 Å². The van der Waals surface area contributed by atoms with E-state index in [0.29, 0.717) is 27.8 Å². The normalized spacial score (nSPS) is 12.0. The number of hydrogen-bond acceptors (Lipinski definition) is 9. The number of hydrogen-bond donors (Lipinski definition) is 2. The monoisotopic (exact) mass is 770 g/mol. The van der Waals surface area contributed by atoms with Gasteiger partial charge in [-0.15, -0.1) is 6.58 Å². The third-order valence-electron chi connectivity index (χ3n) is 7.40. The third kappa shape index (κ3) is 10.6. The molecule has 1 saturated heterocycles. The van der Waals surface area contributed by atoms with Crippen molar-refractivity contribution < 1.29 is 42.2 Å². The van der Waals surface area contributed by atoms with E-state index in [1.807, 2.05) is 0 Å². The number of ketones is 2. The number of carbonyl (C=O) groups is 5. The Morgan fingerprint density at radius 3 is 1.68 bits per heavy atom. The van der Waals surface area contributed by atoms with Gasteiger partial charge in [0.05, 0.1) is 24.3 Å². The first-order chi connectivity index (χ1) is 24.7. The van der Waals surface area contributed by atoms with E-state index in [4.69, 9.17) is 38.4 Å². The van der Waals surface area contributed by atoms with Gasteiger partial charge in [0.15, 0.2) is 34.7 Å². The standard InChI is InChI=1S/C17H15ClFNO2.C14H11ClFNO2.C6H8N2O3.CH4/c1-3-8-20-15-10-16(22-2)14(19)9-12(15)17(21)11-6-4-5-7-13(11)18;1-19-13-7-12(17)9(6-11(13)16)14(18)8-4-2-3-5-10(8)15;1-7-4(9)3-5(10)8(2)6(7)11;/h3-7,9-10,20H,1,8H2,2H3;2-7H,17H2,1H3;3H2,1-2H3;1H4. The van der Waals surface area contributed by atoms with Crippen LogP contribution >= 0.6 is 23.2 Å². The highest BCUT2D eigenvalue weighted by atomic mass is 35.5. The number of anilines is 2. The molecule has 0 atom stereocenters. The van der Waals surface area contributed by atoms with Crippen LogP contribution in [0.5, 0.6) is 11.5 Å². The average molecular weight is 772 g/mol. The van der Waals surface area contributed by atoms with Crippen molar-refractivity contribution in [3.63, 3.8) is 0 Å². The highest BCUT2D eigenvalue weighted by Gasteiger charge is 2.32. The minimum atomic E-state index is -0.646. The molecule has 5 rings (SSSR count). The summed E-state index contributed by atoms with van der Waals surface area (Å²) in [5.41, 5.74) is 7.19. The van der Waals surface area contributed by atoms with Crippen molar-refractivity contribution in [1.82, 2.24) is 9.80 Å². The van der Waals surface area contributed by atoms with E-state index in [-0.39, 0.29) is 53.5 Å². The molecular weight excluding hydrogens is 733 g/mol. The van der Waals surface area contributed by atoms with Crippen LogP contribution in [0, 0.1) is 11.6 Å². The Kier molecular flexibility index (Phi) is 16.1. The van der Waals surface area contributed by atoms with Crippen molar-refractivity contribution in [3.8, 4) is 11.5 Å². The van der Waals surface area contributed by atoms with Gasteiger partial charge < -0.3 is 20.5 Å². The molecule has 1 heterocycles. The summed E-state index contributed by atoms with van der Waals surface area (Å²) < 4.78 is 37.4. The molecular formula is C38H38Cl2F2N4O7. The molecule has 1 fully saturated rings. The second-order valence-corrected chi connectivity index (χ2v) is 11.6. The lowest BCUT2D eigenvalue weighted by molar-refractivity contribution is -0.140. The summed E-state index contributed by atoms with van der Waals surface area (Å²) in [4.78, 5) is 59.4. The number of nitrogens with two attached hydrogens (primary N) is 1. The predicted molar refractivity (Wildman–Crippen MR) is 201 cm³/mol. The van der Waals surface area contributed by atoms with Crippen LogP contribution in [-0.2, 0) is 9.59 Å². The van der Waals surface area contributed by atoms with E-state index in [2.05, 4.69) is 11.9 Å². The van der Waals surface area contributed by atoms with Crippen molar-refractivity contribution in [2.75, 3.05) is 45.9 Å². The van der Waals surface area contributed by atoms with Gasteiger partial charge in [0, 0.05) is 66.4 Å². The number of urea groups is 1. The lowest BCUT2D eigenvalue weighted by Gasteiger charge is -2.26. The van der Waals surface area contributed by atoms with Gasteiger partial charge in [-0.2, -0.15) is 0 Å². The Hall–Kier alpha value is -5.79. The van der Waals surface area contributed by atoms with Crippen molar-refractivity contribution in [2.45, 2.75) is 13.8 Å². The number of ether oxygens (including phenoxy) is 2. The van der Waals surface area contributed by atoms with Crippen molar-refractivity contribution in [3.05, 3.63) is 129 Å². The Morgan fingerprint density at radius 2 is 1.23 bits per heavy atom. The Morgan fingerprint density at radius 1 is 0.792 bits per heavy atom. The first kappa shape index (κ1) is 43.4. The van der Waals surface area contributed by atoms with E-state index < -0.39 is 35.3 Å². The van der Waals surface area contributed by atoms with Crippen LogP contribution in [0.3, 0.4) is 0 Å². The quantitative estimate of drug-likeness (QED) is 0.0757. The Labute approximate surface area is 315 Å². The van der Waals surface area contributed by atoms with Gasteiger partial charge in [0.25, 0.3) is 0 Å². The number of carbonyl (C=O) groups excluding carboxylic acids is 5. The zero-order valence-electron chi connectivity index (χ0n) is 28.5. The first-order valence-electron chi connectivity index (χ1n) is 15.2. The van der Waals surface area contributed by atoms with Gasteiger partial charge in [-0.1, -0.05) is 61.0 Å². The molecule has 1 aliphatic heterocycles. The van der Waals surface area contributed by atoms with Crippen LogP contribution in [-0.4, -0.2) is 74.1 Å². The summed E-state index contributed by atoms with van der Waals surface area (Å²) in [5, 5.41) is 3.62. The summed E-state index contributed by atoms with van der Waals surface area (Å²) in [6.07, 6.45) is 1.43. The molecule has 0 aromatic heterocycles. The molecule has 0 unspecified atom stereocenters. The molecule has 0 aliphatic carbocycles. The zero-order chi connectivity index (χ0) is 38.7. The smallest absolute Gasteiger partial charge is 0.332 e. The highest BCUT2D eigenvalue weighted by molar-refractivity contribution is 6.35. The Bertz CT molecular complexity index is 2000. The van der Waals surface area contributed by atoms with Crippen LogP contribution in [0.2, 0.25) is 10.0 Å². The van der Waals surface area contributed by atoms with E-state index >= 15 is 0 Å². The van der Waals surface area contributed by atoms with Crippen molar-refractivity contribution in [1.29, 1.82) is 0 Å². The summed E-state index contributed by atoms with van der Waals surface area (Å²) in [5.74, 6) is -2.88. The molecule has 280 valence electrons. The van der Waals surface area contributed by atoms with Gasteiger partial charge in [0.2, 0.25) is 11.8 Å². The van der Waals surface area contributed by atoms with Crippen molar-refractivity contribution in [2.24, 2.45) is 0 Å². The van der Waals surface area contributed by atoms with Crippen LogP contribution < -0.4 is 20.5 Å². The first-order valence-corrected chi connectivity index (χ1v) is 15.9. The topological polar surface area (TPSA) is 148 Å². The third-order valence-corrected chi connectivity index (χ3v) is 8.06. The molecule has 4 aromatic carbocycles. The second-order valence-electron chi connectivity index (χ2n) is 10.8. The minimum Gasteiger partial charge on any atom is -0.494 e. The number of benzene rings is 4. The number of barbiturate groups is 1. The van der Waals surface area contributed by atoms with E-state index in [1.54, 1.807) is 54.6 Å². The average Bonchev–Trinajstić information content (AvgIpc) is 3.13. The molecule has 15 heteroatoms. The second kappa shape index (κ2) is 19.7. The number of halogens is 4. The summed E-state index contributed by atoms with van der Waals surface area (Å²) in [7, 11) is 5.40. The SMILES string of the molecule is C.C=CCNc1cc(OC)c(F)cc1C(=O)c1ccccc1Cl.CN1C(=O)CC(=O)N(C)C1=O.COc1cc(N)c(C(=O)c2ccccc2Cl)cc1F. The summed E-state index contributed by atoms with van der Waals surface area (Å²) in [6, 6.07) is 17.5. The van der Waals surface area contributed by atoms with Gasteiger partial charge in [0.1, 0.15) is 6.42 Å². The van der Waals surface area contributed by atoms with Gasteiger partial charge in [-0.3, -0.25) is 29.0 Å². The lowest BCUT2D eigenvalue weighted by Crippen LogP contribution is -2.51. The van der Waals surface area contributed by atoms with E-state index in [1.165, 1.54) is 40.4 Å². The Balaban J connectivity index is 0.000000287. The maximum Gasteiger partial charge on any atom is 0.332 e. The van der Waals surface area contributed by atoms with Gasteiger partial charge in [-0.05, 0) is 36.4 Å². The molecule has 0 radical (unpaired) electrons. The van der Waals surface area contributed by atoms with Crippen molar-refractivity contribution >= 4 is 64.0 Å². The number of imide groups is 2. The van der Waals surface area contributed by atoms with E-state index in [0.717, 1.165) is 21.9 Å². The molecule has 4 amide bonds. The van der Waals surface area contributed by atoms with E-state index in [9.17, 15) is 32.8 Å². The lowest BCUT2D eigenvalue weighted by atomic mass is 10.0.